The van der Waals surface area contributed by atoms with E-state index in [0.29, 0.717) is 16.4 Å². The van der Waals surface area contributed by atoms with Gasteiger partial charge in [-0.25, -0.2) is 0 Å². The molecule has 0 aliphatic rings. The molecule has 0 atom stereocenters. The third-order valence-corrected chi connectivity index (χ3v) is 4.93. The van der Waals surface area contributed by atoms with Crippen LogP contribution in [0, 0.1) is 13.8 Å². The van der Waals surface area contributed by atoms with Crippen LogP contribution in [0.1, 0.15) is 28.4 Å². The third kappa shape index (κ3) is 4.62. The first-order chi connectivity index (χ1) is 12.9. The van der Waals surface area contributed by atoms with Gasteiger partial charge in [0.25, 0.3) is 0 Å². The first kappa shape index (κ1) is 18.8. The summed E-state index contributed by atoms with van der Waals surface area (Å²) in [5.41, 5.74) is 4.57. The van der Waals surface area contributed by atoms with Gasteiger partial charge in [0.2, 0.25) is 5.91 Å². The van der Waals surface area contributed by atoms with Gasteiger partial charge in [0.05, 0.1) is 11.4 Å². The van der Waals surface area contributed by atoms with Crippen LogP contribution in [0.15, 0.2) is 53.9 Å². The van der Waals surface area contributed by atoms with Crippen LogP contribution in [0.4, 0.5) is 5.69 Å². The second-order valence-electron chi connectivity index (χ2n) is 6.24. The standard InChI is InChI=1S/C20H20N4O2S/c1-13-4-9-18(14(2)10-13)24-12-21-23-20(24)27-11-19(26)16-5-7-17(8-6-16)22-15(3)25/h4-10,12H,11H2,1-3H3,(H,22,25). The zero-order valence-corrected chi connectivity index (χ0v) is 16.2. The molecule has 0 saturated heterocycles. The fourth-order valence-corrected chi connectivity index (χ4v) is 3.54. The number of anilines is 1. The fourth-order valence-electron chi connectivity index (χ4n) is 2.72. The molecule has 7 heteroatoms. The summed E-state index contributed by atoms with van der Waals surface area (Å²) in [6.07, 6.45) is 1.66. The number of amides is 1. The average Bonchev–Trinajstić information content (AvgIpc) is 3.08. The van der Waals surface area contributed by atoms with E-state index in [0.717, 1.165) is 11.3 Å². The van der Waals surface area contributed by atoms with Gasteiger partial charge in [-0.3, -0.25) is 14.2 Å². The molecular formula is C20H20N4O2S. The minimum Gasteiger partial charge on any atom is -0.326 e. The molecule has 2 aromatic carbocycles. The summed E-state index contributed by atoms with van der Waals surface area (Å²) in [5.74, 6) is 0.100. The van der Waals surface area contributed by atoms with Crippen molar-refractivity contribution in [2.45, 2.75) is 25.9 Å². The zero-order chi connectivity index (χ0) is 19.4. The van der Waals surface area contributed by atoms with E-state index >= 15 is 0 Å². The number of hydrogen-bond acceptors (Lipinski definition) is 5. The Balaban J connectivity index is 1.70. The number of hydrogen-bond donors (Lipinski definition) is 1. The van der Waals surface area contributed by atoms with E-state index in [2.05, 4.69) is 28.5 Å². The van der Waals surface area contributed by atoms with Crippen molar-refractivity contribution in [2.24, 2.45) is 0 Å². The normalized spacial score (nSPS) is 10.6. The Labute approximate surface area is 162 Å². The van der Waals surface area contributed by atoms with Crippen LogP contribution in [0.2, 0.25) is 0 Å². The first-order valence-corrected chi connectivity index (χ1v) is 9.44. The lowest BCUT2D eigenvalue weighted by Gasteiger charge is -2.10. The molecule has 1 N–H and O–H groups in total. The smallest absolute Gasteiger partial charge is 0.221 e. The third-order valence-electron chi connectivity index (χ3n) is 3.99. The fraction of sp³-hybridized carbons (Fsp3) is 0.200. The SMILES string of the molecule is CC(=O)Nc1ccc(C(=O)CSc2nncn2-c2ccc(C)cc2C)cc1. The highest BCUT2D eigenvalue weighted by Crippen LogP contribution is 2.23. The number of benzene rings is 2. The van der Waals surface area contributed by atoms with Crippen LogP contribution < -0.4 is 5.32 Å². The first-order valence-electron chi connectivity index (χ1n) is 8.45. The van der Waals surface area contributed by atoms with E-state index in [1.807, 2.05) is 23.6 Å². The predicted molar refractivity (Wildman–Crippen MR) is 107 cm³/mol. The Bertz CT molecular complexity index is 980. The maximum atomic E-state index is 12.5. The molecule has 3 rings (SSSR count). The molecule has 0 aliphatic heterocycles. The van der Waals surface area contributed by atoms with Crippen LogP contribution in [0.25, 0.3) is 5.69 Å². The Morgan fingerprint density at radius 2 is 1.85 bits per heavy atom. The van der Waals surface area contributed by atoms with E-state index in [1.165, 1.54) is 24.2 Å². The van der Waals surface area contributed by atoms with Gasteiger partial charge in [0, 0.05) is 18.2 Å². The maximum absolute atomic E-state index is 12.5. The van der Waals surface area contributed by atoms with Gasteiger partial charge in [0.15, 0.2) is 10.9 Å². The number of nitrogens with one attached hydrogen (secondary N) is 1. The maximum Gasteiger partial charge on any atom is 0.221 e. The van der Waals surface area contributed by atoms with Gasteiger partial charge >= 0.3 is 0 Å². The minimum atomic E-state index is -0.143. The van der Waals surface area contributed by atoms with Gasteiger partial charge in [-0.05, 0) is 49.7 Å². The lowest BCUT2D eigenvalue weighted by atomic mass is 10.1. The average molecular weight is 380 g/mol. The Morgan fingerprint density at radius 1 is 1.11 bits per heavy atom. The number of rotatable bonds is 6. The number of carbonyl (C=O) groups excluding carboxylic acids is 2. The number of thioether (sulfide) groups is 1. The van der Waals surface area contributed by atoms with Crippen molar-refractivity contribution in [3.63, 3.8) is 0 Å². The summed E-state index contributed by atoms with van der Waals surface area (Å²) in [6, 6.07) is 13.0. The Morgan fingerprint density at radius 3 is 2.52 bits per heavy atom. The molecule has 0 aliphatic carbocycles. The van der Waals surface area contributed by atoms with Gasteiger partial charge in [-0.2, -0.15) is 0 Å². The summed E-state index contributed by atoms with van der Waals surface area (Å²) < 4.78 is 1.90. The quantitative estimate of drug-likeness (QED) is 0.520. The highest BCUT2D eigenvalue weighted by Gasteiger charge is 2.13. The number of nitrogens with zero attached hydrogens (tertiary/aromatic N) is 3. The summed E-state index contributed by atoms with van der Waals surface area (Å²) in [7, 11) is 0. The molecule has 6 nitrogen and oxygen atoms in total. The van der Waals surface area contributed by atoms with E-state index in [-0.39, 0.29) is 17.4 Å². The highest BCUT2D eigenvalue weighted by atomic mass is 32.2. The van der Waals surface area contributed by atoms with Crippen molar-refractivity contribution in [1.82, 2.24) is 14.8 Å². The second-order valence-corrected chi connectivity index (χ2v) is 7.19. The monoisotopic (exact) mass is 380 g/mol. The van der Waals surface area contributed by atoms with Gasteiger partial charge < -0.3 is 5.32 Å². The molecular weight excluding hydrogens is 360 g/mol. The molecule has 1 amide bonds. The van der Waals surface area contributed by atoms with Crippen molar-refractivity contribution in [3.8, 4) is 5.69 Å². The van der Waals surface area contributed by atoms with Crippen LogP contribution >= 0.6 is 11.8 Å². The largest absolute Gasteiger partial charge is 0.326 e. The van der Waals surface area contributed by atoms with Crippen molar-refractivity contribution in [3.05, 3.63) is 65.5 Å². The van der Waals surface area contributed by atoms with Crippen LogP contribution in [0.5, 0.6) is 0 Å². The van der Waals surface area contributed by atoms with Gasteiger partial charge in [-0.1, -0.05) is 29.5 Å². The summed E-state index contributed by atoms with van der Waals surface area (Å²) in [5, 5.41) is 11.5. The number of ketones is 1. The van der Waals surface area contributed by atoms with E-state index < -0.39 is 0 Å². The Hall–Kier alpha value is -2.93. The van der Waals surface area contributed by atoms with Crippen molar-refractivity contribution in [2.75, 3.05) is 11.1 Å². The number of carbonyl (C=O) groups is 2. The molecule has 0 saturated carbocycles. The summed E-state index contributed by atoms with van der Waals surface area (Å²) in [4.78, 5) is 23.5. The summed E-state index contributed by atoms with van der Waals surface area (Å²) >= 11 is 1.35. The van der Waals surface area contributed by atoms with E-state index in [4.69, 9.17) is 0 Å². The molecule has 0 radical (unpaired) electrons. The van der Waals surface area contributed by atoms with Crippen LogP contribution in [0.3, 0.4) is 0 Å². The highest BCUT2D eigenvalue weighted by molar-refractivity contribution is 7.99. The lowest BCUT2D eigenvalue weighted by molar-refractivity contribution is -0.114. The molecule has 0 spiro atoms. The second kappa shape index (κ2) is 8.18. The predicted octanol–water partition coefficient (Wildman–Crippen LogP) is 3.82. The molecule has 0 bridgehead atoms. The van der Waals surface area contributed by atoms with Gasteiger partial charge in [-0.15, -0.1) is 10.2 Å². The zero-order valence-electron chi connectivity index (χ0n) is 15.4. The van der Waals surface area contributed by atoms with Crippen molar-refractivity contribution >= 4 is 29.1 Å². The molecule has 138 valence electrons. The van der Waals surface area contributed by atoms with Gasteiger partial charge in [0.1, 0.15) is 6.33 Å². The minimum absolute atomic E-state index is 0.00967. The topological polar surface area (TPSA) is 76.9 Å². The number of aryl methyl sites for hydroxylation is 2. The number of Topliss-reactive ketones (excluding diaryl/α,β-unsaturated/α-hetero) is 1. The van der Waals surface area contributed by atoms with E-state index in [1.54, 1.807) is 30.6 Å². The molecule has 1 heterocycles. The van der Waals surface area contributed by atoms with Crippen molar-refractivity contribution < 1.29 is 9.59 Å². The molecule has 27 heavy (non-hydrogen) atoms. The van der Waals surface area contributed by atoms with E-state index in [9.17, 15) is 9.59 Å². The lowest BCUT2D eigenvalue weighted by Crippen LogP contribution is -2.07. The molecule has 3 aromatic rings. The molecule has 1 aromatic heterocycles. The molecule has 0 unspecified atom stereocenters. The van der Waals surface area contributed by atoms with Crippen LogP contribution in [-0.2, 0) is 4.79 Å². The number of aromatic nitrogens is 3. The van der Waals surface area contributed by atoms with Crippen molar-refractivity contribution in [1.29, 1.82) is 0 Å². The molecule has 0 fully saturated rings. The Kier molecular flexibility index (Phi) is 5.71. The van der Waals surface area contributed by atoms with Crippen LogP contribution in [-0.4, -0.2) is 32.2 Å². The summed E-state index contributed by atoms with van der Waals surface area (Å²) in [6.45, 7) is 5.54.